The maximum absolute atomic E-state index is 13.4. The summed E-state index contributed by atoms with van der Waals surface area (Å²) in [4.78, 5) is 12.5. The maximum Gasteiger partial charge on any atom is 0.255 e. The van der Waals surface area contributed by atoms with Crippen molar-refractivity contribution in [1.29, 1.82) is 0 Å². The van der Waals surface area contributed by atoms with E-state index in [0.29, 0.717) is 19.7 Å². The molecule has 2 aromatic carbocycles. The van der Waals surface area contributed by atoms with Gasteiger partial charge in [0.05, 0.1) is 17.2 Å². The SMILES string of the molecule is CCOc1ccc(S(=O)(=O)N2CCCCC2)cc1NC(=O)c1ccc(F)c(F)c1. The summed E-state index contributed by atoms with van der Waals surface area (Å²) < 4.78 is 59.3. The fourth-order valence-corrected chi connectivity index (χ4v) is 4.68. The first kappa shape index (κ1) is 21.2. The van der Waals surface area contributed by atoms with E-state index in [-0.39, 0.29) is 21.9 Å². The summed E-state index contributed by atoms with van der Waals surface area (Å²) in [6.45, 7) is 2.95. The number of hydrogen-bond donors (Lipinski definition) is 1. The lowest BCUT2D eigenvalue weighted by atomic mass is 10.2. The van der Waals surface area contributed by atoms with Crippen molar-refractivity contribution < 1.29 is 26.7 Å². The Hall–Kier alpha value is -2.52. The highest BCUT2D eigenvalue weighted by Gasteiger charge is 2.27. The van der Waals surface area contributed by atoms with Crippen LogP contribution in [0.4, 0.5) is 14.5 Å². The fourth-order valence-electron chi connectivity index (χ4n) is 3.13. The number of carbonyl (C=O) groups is 1. The van der Waals surface area contributed by atoms with Crippen molar-refractivity contribution in [2.45, 2.75) is 31.1 Å². The van der Waals surface area contributed by atoms with Crippen LogP contribution in [0.15, 0.2) is 41.3 Å². The molecule has 0 bridgehead atoms. The number of sulfonamides is 1. The zero-order valence-corrected chi connectivity index (χ0v) is 16.8. The van der Waals surface area contributed by atoms with Crippen LogP contribution in [-0.4, -0.2) is 38.3 Å². The van der Waals surface area contributed by atoms with Crippen molar-refractivity contribution in [3.8, 4) is 5.75 Å². The standard InChI is InChI=1S/C20H22F2N2O4S/c1-2-28-19-9-7-15(29(26,27)24-10-4-3-5-11-24)13-18(19)23-20(25)14-6-8-16(21)17(22)12-14/h6-9,12-13H,2-5,10-11H2,1H3,(H,23,25). The predicted octanol–water partition coefficient (Wildman–Crippen LogP) is 3.79. The first-order valence-corrected chi connectivity index (χ1v) is 10.8. The van der Waals surface area contributed by atoms with Gasteiger partial charge >= 0.3 is 0 Å². The highest BCUT2D eigenvalue weighted by Crippen LogP contribution is 2.30. The van der Waals surface area contributed by atoms with Gasteiger partial charge in [-0.05, 0) is 56.2 Å². The molecule has 0 aromatic heterocycles. The summed E-state index contributed by atoms with van der Waals surface area (Å²) in [7, 11) is -3.71. The summed E-state index contributed by atoms with van der Waals surface area (Å²) in [5, 5.41) is 2.54. The molecule has 0 aliphatic carbocycles. The van der Waals surface area contributed by atoms with Crippen LogP contribution in [0.1, 0.15) is 36.5 Å². The van der Waals surface area contributed by atoms with Crippen molar-refractivity contribution in [1.82, 2.24) is 4.31 Å². The molecule has 1 amide bonds. The van der Waals surface area contributed by atoms with Crippen molar-refractivity contribution >= 4 is 21.6 Å². The van der Waals surface area contributed by atoms with Gasteiger partial charge in [-0.2, -0.15) is 4.31 Å². The van der Waals surface area contributed by atoms with Crippen molar-refractivity contribution in [3.63, 3.8) is 0 Å². The zero-order valence-electron chi connectivity index (χ0n) is 16.0. The average molecular weight is 424 g/mol. The normalized spacial score (nSPS) is 15.1. The summed E-state index contributed by atoms with van der Waals surface area (Å²) in [6.07, 6.45) is 2.59. The molecule has 1 heterocycles. The van der Waals surface area contributed by atoms with Crippen LogP contribution in [0.25, 0.3) is 0 Å². The Morgan fingerprint density at radius 1 is 1.07 bits per heavy atom. The smallest absolute Gasteiger partial charge is 0.255 e. The third-order valence-electron chi connectivity index (χ3n) is 4.63. The second kappa shape index (κ2) is 8.87. The number of benzene rings is 2. The van der Waals surface area contributed by atoms with Crippen molar-refractivity contribution in [2.75, 3.05) is 25.0 Å². The molecule has 0 atom stereocenters. The molecule has 6 nitrogen and oxygen atoms in total. The van der Waals surface area contributed by atoms with Gasteiger partial charge in [-0.1, -0.05) is 6.42 Å². The number of carbonyl (C=O) groups excluding carboxylic acids is 1. The quantitative estimate of drug-likeness (QED) is 0.766. The van der Waals surface area contributed by atoms with Gasteiger partial charge in [0.1, 0.15) is 5.75 Å². The maximum atomic E-state index is 13.4. The number of ether oxygens (including phenoxy) is 1. The number of piperidine rings is 1. The van der Waals surface area contributed by atoms with Crippen LogP contribution in [0.5, 0.6) is 5.75 Å². The minimum absolute atomic E-state index is 0.0310. The highest BCUT2D eigenvalue weighted by molar-refractivity contribution is 7.89. The molecule has 9 heteroatoms. The second-order valence-electron chi connectivity index (χ2n) is 6.64. The summed E-state index contributed by atoms with van der Waals surface area (Å²) >= 11 is 0. The van der Waals surface area contributed by atoms with Crippen LogP contribution in [0, 0.1) is 11.6 Å². The average Bonchev–Trinajstić information content (AvgIpc) is 2.72. The van der Waals surface area contributed by atoms with E-state index in [1.54, 1.807) is 6.92 Å². The molecule has 1 aliphatic rings. The van der Waals surface area contributed by atoms with Gasteiger partial charge in [-0.3, -0.25) is 4.79 Å². The van der Waals surface area contributed by atoms with Gasteiger partial charge in [0, 0.05) is 18.7 Å². The van der Waals surface area contributed by atoms with Crippen LogP contribution < -0.4 is 10.1 Å². The first-order valence-electron chi connectivity index (χ1n) is 9.36. The van der Waals surface area contributed by atoms with Crippen LogP contribution in [-0.2, 0) is 10.0 Å². The molecule has 0 radical (unpaired) electrons. The number of amides is 1. The fraction of sp³-hybridized carbons (Fsp3) is 0.350. The van der Waals surface area contributed by atoms with E-state index in [1.165, 1.54) is 22.5 Å². The lowest BCUT2D eigenvalue weighted by molar-refractivity contribution is 0.102. The minimum Gasteiger partial charge on any atom is -0.492 e. The molecular weight excluding hydrogens is 402 g/mol. The van der Waals surface area contributed by atoms with E-state index in [4.69, 9.17) is 4.74 Å². The Morgan fingerprint density at radius 2 is 1.79 bits per heavy atom. The Balaban J connectivity index is 1.92. The largest absolute Gasteiger partial charge is 0.492 e. The van der Waals surface area contributed by atoms with Crippen molar-refractivity contribution in [2.24, 2.45) is 0 Å². The molecule has 0 saturated carbocycles. The highest BCUT2D eigenvalue weighted by atomic mass is 32.2. The van der Waals surface area contributed by atoms with Crippen LogP contribution in [0.2, 0.25) is 0 Å². The van der Waals surface area contributed by atoms with Crippen LogP contribution in [0.3, 0.4) is 0 Å². The lowest BCUT2D eigenvalue weighted by Crippen LogP contribution is -2.35. The summed E-state index contributed by atoms with van der Waals surface area (Å²) in [5.74, 6) is -2.64. The van der Waals surface area contributed by atoms with Gasteiger partial charge in [-0.15, -0.1) is 0 Å². The Labute approximate surface area is 168 Å². The number of rotatable bonds is 6. The molecule has 2 aromatic rings. The number of anilines is 1. The van der Waals surface area contributed by atoms with Crippen LogP contribution >= 0.6 is 0 Å². The Morgan fingerprint density at radius 3 is 2.45 bits per heavy atom. The van der Waals surface area contributed by atoms with E-state index in [2.05, 4.69) is 5.32 Å². The van der Waals surface area contributed by atoms with E-state index in [0.717, 1.165) is 37.5 Å². The number of halogens is 2. The van der Waals surface area contributed by atoms with E-state index < -0.39 is 27.6 Å². The molecule has 1 N–H and O–H groups in total. The molecule has 1 aliphatic heterocycles. The zero-order chi connectivity index (χ0) is 21.0. The Bertz CT molecular complexity index is 1010. The topological polar surface area (TPSA) is 75.7 Å². The number of nitrogens with one attached hydrogen (secondary N) is 1. The van der Waals surface area contributed by atoms with Gasteiger partial charge in [0.2, 0.25) is 10.0 Å². The monoisotopic (exact) mass is 424 g/mol. The molecule has 29 heavy (non-hydrogen) atoms. The Kier molecular flexibility index (Phi) is 6.49. The van der Waals surface area contributed by atoms with Gasteiger partial charge in [-0.25, -0.2) is 17.2 Å². The number of hydrogen-bond acceptors (Lipinski definition) is 4. The molecular formula is C20H22F2N2O4S. The first-order chi connectivity index (χ1) is 13.8. The van der Waals surface area contributed by atoms with Gasteiger partial charge in [0.15, 0.2) is 11.6 Å². The number of nitrogens with zero attached hydrogens (tertiary/aromatic N) is 1. The summed E-state index contributed by atoms with van der Waals surface area (Å²) in [6, 6.07) is 7.00. The third kappa shape index (κ3) is 4.73. The molecule has 1 fully saturated rings. The third-order valence-corrected chi connectivity index (χ3v) is 6.53. The predicted molar refractivity (Wildman–Crippen MR) is 105 cm³/mol. The molecule has 156 valence electrons. The molecule has 1 saturated heterocycles. The molecule has 0 spiro atoms. The van der Waals surface area contributed by atoms with Crippen molar-refractivity contribution in [3.05, 3.63) is 53.6 Å². The minimum atomic E-state index is -3.71. The summed E-state index contributed by atoms with van der Waals surface area (Å²) in [5.41, 5.74) is 0.0373. The van der Waals surface area contributed by atoms with Gasteiger partial charge < -0.3 is 10.1 Å². The van der Waals surface area contributed by atoms with Gasteiger partial charge in [0.25, 0.3) is 5.91 Å². The lowest BCUT2D eigenvalue weighted by Gasteiger charge is -2.26. The van der Waals surface area contributed by atoms with E-state index in [9.17, 15) is 22.0 Å². The molecule has 3 rings (SSSR count). The molecule has 0 unspecified atom stereocenters. The van der Waals surface area contributed by atoms with E-state index in [1.807, 2.05) is 0 Å². The second-order valence-corrected chi connectivity index (χ2v) is 8.58. The van der Waals surface area contributed by atoms with E-state index >= 15 is 0 Å².